The monoisotopic (exact) mass is 146 g/mol. The lowest BCUT2D eigenvalue weighted by Crippen LogP contribution is -1.98. The van der Waals surface area contributed by atoms with Crippen LogP contribution in [0.2, 0.25) is 0 Å². The number of aliphatic hydroxyl groups is 1. The van der Waals surface area contributed by atoms with Crippen LogP contribution in [0.5, 0.6) is 0 Å². The summed E-state index contributed by atoms with van der Waals surface area (Å²) < 4.78 is 5.22. The van der Waals surface area contributed by atoms with Crippen molar-refractivity contribution in [3.05, 3.63) is 0 Å². The highest BCUT2D eigenvalue weighted by molar-refractivity contribution is 4.36. The number of hydrogen-bond donors (Lipinski definition) is 1. The Morgan fingerprint density at radius 2 is 1.80 bits per heavy atom. The van der Waals surface area contributed by atoms with E-state index >= 15 is 0 Å². The molecule has 0 aliphatic rings. The summed E-state index contributed by atoms with van der Waals surface area (Å²) in [6.07, 6.45) is 4.41. The van der Waals surface area contributed by atoms with Crippen molar-refractivity contribution >= 4 is 0 Å². The minimum atomic E-state index is 0.244. The molecule has 0 radical (unpaired) electrons. The smallest absolute Gasteiger partial charge is 0.0487 e. The topological polar surface area (TPSA) is 29.5 Å². The molecule has 1 N–H and O–H groups in total. The second-order valence-corrected chi connectivity index (χ2v) is 2.40. The zero-order valence-electron chi connectivity index (χ0n) is 6.81. The van der Waals surface area contributed by atoms with Gasteiger partial charge < -0.3 is 9.84 Å². The molecule has 0 spiro atoms. The molecule has 2 nitrogen and oxygen atoms in total. The maximum atomic E-state index is 8.39. The maximum Gasteiger partial charge on any atom is 0.0487 e. The Morgan fingerprint density at radius 1 is 1.10 bits per heavy atom. The van der Waals surface area contributed by atoms with Crippen LogP contribution in [0.3, 0.4) is 0 Å². The van der Waals surface area contributed by atoms with Crippen LogP contribution in [0.25, 0.3) is 0 Å². The van der Waals surface area contributed by atoms with E-state index in [9.17, 15) is 0 Å². The van der Waals surface area contributed by atoms with Gasteiger partial charge in [-0.15, -0.1) is 0 Å². The minimum Gasteiger partial charge on any atom is -0.396 e. The third kappa shape index (κ3) is 7.92. The largest absolute Gasteiger partial charge is 0.396 e. The lowest BCUT2D eigenvalue weighted by atomic mass is 10.3. The highest BCUT2D eigenvalue weighted by atomic mass is 16.5. The standard InChI is InChI=1S/C8H18O2/c1-2-3-4-7-10-8-5-6-9/h9H,2-8H2,1H3. The summed E-state index contributed by atoms with van der Waals surface area (Å²) in [4.78, 5) is 0. The number of ether oxygens (including phenoxy) is 1. The van der Waals surface area contributed by atoms with Crippen LogP contribution in [0, 0.1) is 0 Å². The number of unbranched alkanes of at least 4 members (excludes halogenated alkanes) is 2. The summed E-state index contributed by atoms with van der Waals surface area (Å²) in [6.45, 7) is 3.98. The molecule has 0 saturated carbocycles. The molecule has 2 heteroatoms. The normalized spacial score (nSPS) is 10.2. The van der Waals surface area contributed by atoms with Gasteiger partial charge >= 0.3 is 0 Å². The second-order valence-electron chi connectivity index (χ2n) is 2.40. The van der Waals surface area contributed by atoms with Crippen LogP contribution in [0.4, 0.5) is 0 Å². The van der Waals surface area contributed by atoms with Crippen molar-refractivity contribution in [2.75, 3.05) is 19.8 Å². The van der Waals surface area contributed by atoms with E-state index < -0.39 is 0 Å². The Balaban J connectivity index is 2.65. The Labute approximate surface area is 63.2 Å². The van der Waals surface area contributed by atoms with Gasteiger partial charge in [-0.2, -0.15) is 0 Å². The fourth-order valence-electron chi connectivity index (χ4n) is 0.723. The van der Waals surface area contributed by atoms with Crippen LogP contribution in [0.15, 0.2) is 0 Å². The SMILES string of the molecule is CCCCCOCCCO. The quantitative estimate of drug-likeness (QED) is 0.552. The second kappa shape index (κ2) is 8.92. The van der Waals surface area contributed by atoms with Crippen molar-refractivity contribution in [2.24, 2.45) is 0 Å². The van der Waals surface area contributed by atoms with E-state index in [1.54, 1.807) is 0 Å². The summed E-state index contributed by atoms with van der Waals surface area (Å²) in [5.41, 5.74) is 0. The molecule has 0 atom stereocenters. The van der Waals surface area contributed by atoms with Gasteiger partial charge in [0, 0.05) is 19.8 Å². The highest BCUT2D eigenvalue weighted by Crippen LogP contribution is 1.94. The molecule has 0 bridgehead atoms. The van der Waals surface area contributed by atoms with Crippen molar-refractivity contribution in [3.8, 4) is 0 Å². The fraction of sp³-hybridized carbons (Fsp3) is 1.00. The van der Waals surface area contributed by atoms with E-state index in [-0.39, 0.29) is 6.61 Å². The highest BCUT2D eigenvalue weighted by Gasteiger charge is 1.86. The van der Waals surface area contributed by atoms with Crippen molar-refractivity contribution in [2.45, 2.75) is 32.6 Å². The van der Waals surface area contributed by atoms with Crippen LogP contribution >= 0.6 is 0 Å². The average Bonchev–Trinajstić information content (AvgIpc) is 1.97. The molecular formula is C8H18O2. The van der Waals surface area contributed by atoms with Crippen molar-refractivity contribution in [1.82, 2.24) is 0 Å². The van der Waals surface area contributed by atoms with Crippen molar-refractivity contribution in [3.63, 3.8) is 0 Å². The van der Waals surface area contributed by atoms with Crippen LogP contribution in [0.1, 0.15) is 32.6 Å². The predicted octanol–water partition coefficient (Wildman–Crippen LogP) is 1.58. The Hall–Kier alpha value is -0.0800. The molecule has 0 amide bonds. The minimum absolute atomic E-state index is 0.244. The molecule has 0 aromatic rings. The first-order valence-electron chi connectivity index (χ1n) is 4.10. The number of rotatable bonds is 7. The van der Waals surface area contributed by atoms with Crippen molar-refractivity contribution < 1.29 is 9.84 Å². The molecular weight excluding hydrogens is 128 g/mol. The van der Waals surface area contributed by atoms with Gasteiger partial charge in [0.05, 0.1) is 0 Å². The van der Waals surface area contributed by atoms with E-state index in [1.807, 2.05) is 0 Å². The number of aliphatic hydroxyl groups excluding tert-OH is 1. The zero-order valence-corrected chi connectivity index (χ0v) is 6.81. The summed E-state index contributed by atoms with van der Waals surface area (Å²) >= 11 is 0. The van der Waals surface area contributed by atoms with Crippen LogP contribution in [-0.2, 0) is 4.74 Å². The van der Waals surface area contributed by atoms with Gasteiger partial charge in [-0.25, -0.2) is 0 Å². The van der Waals surface area contributed by atoms with Crippen molar-refractivity contribution in [1.29, 1.82) is 0 Å². The first kappa shape index (κ1) is 9.92. The first-order valence-corrected chi connectivity index (χ1v) is 4.10. The first-order chi connectivity index (χ1) is 4.91. The molecule has 0 aromatic carbocycles. The van der Waals surface area contributed by atoms with Crippen LogP contribution in [-0.4, -0.2) is 24.9 Å². The van der Waals surface area contributed by atoms with Gasteiger partial charge in [-0.05, 0) is 12.8 Å². The molecule has 10 heavy (non-hydrogen) atoms. The molecule has 0 aliphatic heterocycles. The third-order valence-electron chi connectivity index (χ3n) is 1.34. The summed E-state index contributed by atoms with van der Waals surface area (Å²) in [7, 11) is 0. The third-order valence-corrected chi connectivity index (χ3v) is 1.34. The van der Waals surface area contributed by atoms with Gasteiger partial charge in [-0.1, -0.05) is 19.8 Å². The lowest BCUT2D eigenvalue weighted by Gasteiger charge is -2.00. The summed E-state index contributed by atoms with van der Waals surface area (Å²) in [5, 5.41) is 8.39. The van der Waals surface area contributed by atoms with Gasteiger partial charge in [0.1, 0.15) is 0 Å². The number of hydrogen-bond acceptors (Lipinski definition) is 2. The van der Waals surface area contributed by atoms with E-state index in [2.05, 4.69) is 6.92 Å². The molecule has 0 rings (SSSR count). The Bertz CT molecular complexity index is 47.2. The maximum absolute atomic E-state index is 8.39. The molecule has 0 heterocycles. The van der Waals surface area contributed by atoms with E-state index in [1.165, 1.54) is 12.8 Å². The zero-order chi connectivity index (χ0) is 7.66. The lowest BCUT2D eigenvalue weighted by molar-refractivity contribution is 0.113. The molecule has 0 unspecified atom stereocenters. The van der Waals surface area contributed by atoms with Gasteiger partial charge in [0.25, 0.3) is 0 Å². The van der Waals surface area contributed by atoms with Crippen LogP contribution < -0.4 is 0 Å². The summed E-state index contributed by atoms with van der Waals surface area (Å²) in [5.74, 6) is 0. The Kier molecular flexibility index (Phi) is 8.85. The van der Waals surface area contributed by atoms with E-state index in [0.717, 1.165) is 19.4 Å². The van der Waals surface area contributed by atoms with E-state index in [0.29, 0.717) is 6.61 Å². The van der Waals surface area contributed by atoms with Gasteiger partial charge in [0.2, 0.25) is 0 Å². The molecule has 0 aliphatic carbocycles. The molecule has 0 aromatic heterocycles. The average molecular weight is 146 g/mol. The molecule has 0 fully saturated rings. The van der Waals surface area contributed by atoms with Gasteiger partial charge in [0.15, 0.2) is 0 Å². The predicted molar refractivity (Wildman–Crippen MR) is 42.0 cm³/mol. The molecule has 0 saturated heterocycles. The van der Waals surface area contributed by atoms with E-state index in [4.69, 9.17) is 9.84 Å². The summed E-state index contributed by atoms with van der Waals surface area (Å²) in [6, 6.07) is 0. The van der Waals surface area contributed by atoms with Gasteiger partial charge in [-0.3, -0.25) is 0 Å². The molecule has 62 valence electrons. The Morgan fingerprint density at radius 3 is 2.40 bits per heavy atom. The fourth-order valence-corrected chi connectivity index (χ4v) is 0.723.